The van der Waals surface area contributed by atoms with Gasteiger partial charge in [-0.15, -0.1) is 0 Å². The van der Waals surface area contributed by atoms with Crippen molar-refractivity contribution in [3.8, 4) is 11.3 Å². The Balaban J connectivity index is 2.52. The van der Waals surface area contributed by atoms with Crippen LogP contribution in [0.2, 0.25) is 0 Å². The second-order valence-corrected chi connectivity index (χ2v) is 3.95. The number of rotatable bonds is 1. The average Bonchev–Trinajstić information content (AvgIpc) is 2.51. The summed E-state index contributed by atoms with van der Waals surface area (Å²) in [6.45, 7) is 1.83. The van der Waals surface area contributed by atoms with Crippen molar-refractivity contribution in [2.75, 3.05) is 0 Å². The summed E-state index contributed by atoms with van der Waals surface area (Å²) in [5.41, 5.74) is 0.487. The Labute approximate surface area is 89.7 Å². The van der Waals surface area contributed by atoms with E-state index in [1.54, 1.807) is 18.2 Å². The minimum atomic E-state index is -0.284. The molecule has 0 aliphatic heterocycles. The van der Waals surface area contributed by atoms with Crippen LogP contribution in [0.1, 0.15) is 5.76 Å². The summed E-state index contributed by atoms with van der Waals surface area (Å²) in [6.07, 6.45) is 0. The zero-order chi connectivity index (χ0) is 10.1. The molecule has 0 aliphatic carbocycles. The Morgan fingerprint density at radius 2 is 2.00 bits per heavy atom. The Morgan fingerprint density at radius 1 is 1.21 bits per heavy atom. The van der Waals surface area contributed by atoms with E-state index in [1.165, 1.54) is 6.07 Å². The highest BCUT2D eigenvalue weighted by Gasteiger charge is 2.08. The Morgan fingerprint density at radius 3 is 2.57 bits per heavy atom. The van der Waals surface area contributed by atoms with Gasteiger partial charge in [-0.05, 0) is 37.3 Å². The van der Waals surface area contributed by atoms with Crippen LogP contribution in [0.25, 0.3) is 11.3 Å². The number of hydrogen-bond acceptors (Lipinski definition) is 1. The summed E-state index contributed by atoms with van der Waals surface area (Å²) in [5.74, 6) is 1.06. The molecule has 72 valence electrons. The second-order valence-electron chi connectivity index (χ2n) is 3.03. The third-order valence-corrected chi connectivity index (χ3v) is 2.43. The topological polar surface area (TPSA) is 13.1 Å². The van der Waals surface area contributed by atoms with Gasteiger partial charge in [0.1, 0.15) is 17.3 Å². The summed E-state index contributed by atoms with van der Waals surface area (Å²) >= 11 is 3.20. The maximum absolute atomic E-state index is 13.5. The van der Waals surface area contributed by atoms with Crippen LogP contribution in [0.5, 0.6) is 0 Å². The fourth-order valence-corrected chi connectivity index (χ4v) is 1.60. The number of furan rings is 1. The van der Waals surface area contributed by atoms with Gasteiger partial charge in [0, 0.05) is 4.47 Å². The summed E-state index contributed by atoms with van der Waals surface area (Å²) in [7, 11) is 0. The number of halogens is 2. The predicted octanol–water partition coefficient (Wildman–Crippen LogP) is 4.16. The molecular weight excluding hydrogens is 247 g/mol. The number of benzene rings is 1. The SMILES string of the molecule is Cc1ccc(-c2ccc(Br)cc2F)o1. The minimum Gasteiger partial charge on any atom is -0.461 e. The van der Waals surface area contributed by atoms with Crippen molar-refractivity contribution < 1.29 is 8.81 Å². The Bertz CT molecular complexity index is 462. The van der Waals surface area contributed by atoms with E-state index in [-0.39, 0.29) is 5.82 Å². The van der Waals surface area contributed by atoms with E-state index in [9.17, 15) is 4.39 Å². The molecule has 1 aromatic carbocycles. The molecular formula is C11H8BrFO. The van der Waals surface area contributed by atoms with Crippen LogP contribution >= 0.6 is 15.9 Å². The van der Waals surface area contributed by atoms with Crippen LogP contribution in [-0.2, 0) is 0 Å². The lowest BCUT2D eigenvalue weighted by Crippen LogP contribution is -1.81. The first-order chi connectivity index (χ1) is 6.66. The van der Waals surface area contributed by atoms with Crippen LogP contribution in [0.3, 0.4) is 0 Å². The zero-order valence-corrected chi connectivity index (χ0v) is 9.14. The molecule has 0 saturated heterocycles. The van der Waals surface area contributed by atoms with Crippen molar-refractivity contribution in [3.63, 3.8) is 0 Å². The van der Waals surface area contributed by atoms with Gasteiger partial charge >= 0.3 is 0 Å². The molecule has 0 aliphatic rings. The van der Waals surface area contributed by atoms with Gasteiger partial charge < -0.3 is 4.42 Å². The second kappa shape index (κ2) is 3.58. The van der Waals surface area contributed by atoms with Gasteiger partial charge in [0.25, 0.3) is 0 Å². The van der Waals surface area contributed by atoms with Crippen molar-refractivity contribution in [2.45, 2.75) is 6.92 Å². The van der Waals surface area contributed by atoms with E-state index in [0.29, 0.717) is 11.3 Å². The molecule has 0 atom stereocenters. The highest BCUT2D eigenvalue weighted by molar-refractivity contribution is 9.10. The molecule has 2 rings (SSSR count). The van der Waals surface area contributed by atoms with Crippen LogP contribution in [0.4, 0.5) is 4.39 Å². The summed E-state index contributed by atoms with van der Waals surface area (Å²) in [6, 6.07) is 8.49. The van der Waals surface area contributed by atoms with Crippen molar-refractivity contribution in [1.82, 2.24) is 0 Å². The fourth-order valence-electron chi connectivity index (χ4n) is 1.27. The largest absolute Gasteiger partial charge is 0.461 e. The monoisotopic (exact) mass is 254 g/mol. The standard InChI is InChI=1S/C11H8BrFO/c1-7-2-5-11(14-7)9-4-3-8(12)6-10(9)13/h2-6H,1H3. The summed E-state index contributed by atoms with van der Waals surface area (Å²) in [5, 5.41) is 0. The van der Waals surface area contributed by atoms with Gasteiger partial charge in [-0.1, -0.05) is 15.9 Å². The molecule has 0 bridgehead atoms. The molecule has 0 fully saturated rings. The number of hydrogen-bond donors (Lipinski definition) is 0. The van der Waals surface area contributed by atoms with E-state index < -0.39 is 0 Å². The lowest BCUT2D eigenvalue weighted by Gasteiger charge is -1.99. The predicted molar refractivity (Wildman–Crippen MR) is 56.5 cm³/mol. The van der Waals surface area contributed by atoms with E-state index in [1.807, 2.05) is 13.0 Å². The number of aryl methyl sites for hydroxylation is 1. The lowest BCUT2D eigenvalue weighted by atomic mass is 10.1. The Hall–Kier alpha value is -1.09. The highest BCUT2D eigenvalue weighted by atomic mass is 79.9. The normalized spacial score (nSPS) is 10.5. The average molecular weight is 255 g/mol. The maximum Gasteiger partial charge on any atom is 0.137 e. The third-order valence-electron chi connectivity index (χ3n) is 1.94. The van der Waals surface area contributed by atoms with Gasteiger partial charge in [-0.2, -0.15) is 0 Å². The first-order valence-corrected chi connectivity index (χ1v) is 4.98. The molecule has 0 unspecified atom stereocenters. The summed E-state index contributed by atoms with van der Waals surface area (Å²) < 4.78 is 19.5. The molecule has 3 heteroatoms. The highest BCUT2D eigenvalue weighted by Crippen LogP contribution is 2.26. The Kier molecular flexibility index (Phi) is 2.42. The molecule has 1 aromatic heterocycles. The molecule has 1 heterocycles. The fraction of sp³-hybridized carbons (Fsp3) is 0.0909. The lowest BCUT2D eigenvalue weighted by molar-refractivity contribution is 0.540. The van der Waals surface area contributed by atoms with Crippen molar-refractivity contribution in [3.05, 3.63) is 46.4 Å². The first kappa shape index (κ1) is 9.46. The quantitative estimate of drug-likeness (QED) is 0.745. The minimum absolute atomic E-state index is 0.284. The van der Waals surface area contributed by atoms with Crippen molar-refractivity contribution in [2.24, 2.45) is 0 Å². The van der Waals surface area contributed by atoms with Gasteiger partial charge in [-0.3, -0.25) is 0 Å². The molecule has 1 nitrogen and oxygen atoms in total. The third kappa shape index (κ3) is 1.73. The van der Waals surface area contributed by atoms with Crippen LogP contribution in [-0.4, -0.2) is 0 Å². The van der Waals surface area contributed by atoms with Gasteiger partial charge in [0.15, 0.2) is 0 Å². The van der Waals surface area contributed by atoms with Crippen molar-refractivity contribution >= 4 is 15.9 Å². The summed E-state index contributed by atoms with van der Waals surface area (Å²) in [4.78, 5) is 0. The van der Waals surface area contributed by atoms with Gasteiger partial charge in [0.2, 0.25) is 0 Å². The van der Waals surface area contributed by atoms with Gasteiger partial charge in [0.05, 0.1) is 5.56 Å². The van der Waals surface area contributed by atoms with Crippen LogP contribution in [0, 0.1) is 12.7 Å². The molecule has 2 aromatic rings. The molecule has 14 heavy (non-hydrogen) atoms. The molecule has 0 radical (unpaired) electrons. The maximum atomic E-state index is 13.5. The molecule has 0 N–H and O–H groups in total. The zero-order valence-electron chi connectivity index (χ0n) is 7.55. The van der Waals surface area contributed by atoms with E-state index >= 15 is 0 Å². The van der Waals surface area contributed by atoms with Crippen LogP contribution < -0.4 is 0 Å². The van der Waals surface area contributed by atoms with Crippen LogP contribution in [0.15, 0.2) is 39.2 Å². The molecule has 0 spiro atoms. The van der Waals surface area contributed by atoms with Gasteiger partial charge in [-0.25, -0.2) is 4.39 Å². The smallest absolute Gasteiger partial charge is 0.137 e. The molecule has 0 saturated carbocycles. The van der Waals surface area contributed by atoms with Crippen molar-refractivity contribution in [1.29, 1.82) is 0 Å². The first-order valence-electron chi connectivity index (χ1n) is 4.18. The van der Waals surface area contributed by atoms with E-state index in [0.717, 1.165) is 10.2 Å². The van der Waals surface area contributed by atoms with E-state index in [4.69, 9.17) is 4.42 Å². The van der Waals surface area contributed by atoms with E-state index in [2.05, 4.69) is 15.9 Å². The molecule has 0 amide bonds.